The van der Waals surface area contributed by atoms with Crippen LogP contribution in [-0.4, -0.2) is 25.7 Å². The zero-order valence-corrected chi connectivity index (χ0v) is 10.7. The van der Waals surface area contributed by atoms with E-state index in [-0.39, 0.29) is 12.5 Å². The molecule has 1 aromatic carbocycles. The maximum Gasteiger partial charge on any atom is 0.250 e. The van der Waals surface area contributed by atoms with Crippen LogP contribution in [0.15, 0.2) is 18.2 Å². The molecule has 0 fully saturated rings. The molecule has 0 atom stereocenters. The molecule has 0 aliphatic rings. The van der Waals surface area contributed by atoms with E-state index in [4.69, 9.17) is 21.1 Å². The van der Waals surface area contributed by atoms with E-state index in [0.717, 1.165) is 0 Å². The lowest BCUT2D eigenvalue weighted by atomic mass is 10.3. The molecule has 0 saturated heterocycles. The minimum absolute atomic E-state index is 0.0224. The van der Waals surface area contributed by atoms with Gasteiger partial charge in [0.1, 0.15) is 12.4 Å². The average Bonchev–Trinajstić information content (AvgIpc) is 2.30. The van der Waals surface area contributed by atoms with Crippen LogP contribution in [0.2, 0.25) is 5.02 Å². The molecule has 1 amide bonds. The molecule has 1 aromatic rings. The van der Waals surface area contributed by atoms with Crippen molar-refractivity contribution in [3.63, 3.8) is 0 Å². The van der Waals surface area contributed by atoms with Gasteiger partial charge in [-0.05, 0) is 32.0 Å². The number of anilines is 1. The van der Waals surface area contributed by atoms with Crippen LogP contribution in [-0.2, 0) is 9.53 Å². The predicted octanol–water partition coefficient (Wildman–Crippen LogP) is 2.71. The first-order valence-electron chi connectivity index (χ1n) is 5.47. The van der Waals surface area contributed by atoms with Gasteiger partial charge in [-0.25, -0.2) is 0 Å². The van der Waals surface area contributed by atoms with Crippen LogP contribution < -0.4 is 10.1 Å². The Balaban J connectivity index is 2.73. The molecule has 17 heavy (non-hydrogen) atoms. The molecular weight excluding hydrogens is 242 g/mol. The van der Waals surface area contributed by atoms with E-state index in [9.17, 15) is 4.79 Å². The standard InChI is InChI=1S/C12H16ClNO3/c1-3-16-8-12(15)14-10-7-9(13)5-6-11(10)17-4-2/h5-7H,3-4,8H2,1-2H3,(H,14,15). The second kappa shape index (κ2) is 7.14. The molecule has 0 saturated carbocycles. The number of hydrogen-bond donors (Lipinski definition) is 1. The summed E-state index contributed by atoms with van der Waals surface area (Å²) in [7, 11) is 0. The van der Waals surface area contributed by atoms with Crippen LogP contribution in [0.1, 0.15) is 13.8 Å². The Labute approximate surface area is 106 Å². The van der Waals surface area contributed by atoms with Crippen molar-refractivity contribution in [3.05, 3.63) is 23.2 Å². The van der Waals surface area contributed by atoms with Crippen molar-refractivity contribution in [1.82, 2.24) is 0 Å². The lowest BCUT2D eigenvalue weighted by Gasteiger charge is -2.11. The first-order valence-corrected chi connectivity index (χ1v) is 5.85. The lowest BCUT2D eigenvalue weighted by molar-refractivity contribution is -0.120. The highest BCUT2D eigenvalue weighted by Crippen LogP contribution is 2.27. The van der Waals surface area contributed by atoms with E-state index in [1.807, 2.05) is 13.8 Å². The summed E-state index contributed by atoms with van der Waals surface area (Å²) in [5, 5.41) is 3.24. The van der Waals surface area contributed by atoms with Crippen molar-refractivity contribution in [1.29, 1.82) is 0 Å². The molecule has 0 aliphatic carbocycles. The zero-order valence-electron chi connectivity index (χ0n) is 9.96. The molecule has 0 spiro atoms. The third-order valence-corrected chi connectivity index (χ3v) is 2.19. The number of ether oxygens (including phenoxy) is 2. The van der Waals surface area contributed by atoms with Crippen molar-refractivity contribution >= 4 is 23.2 Å². The number of amides is 1. The Kier molecular flexibility index (Phi) is 5.80. The van der Waals surface area contributed by atoms with E-state index in [1.165, 1.54) is 0 Å². The smallest absolute Gasteiger partial charge is 0.250 e. The highest BCUT2D eigenvalue weighted by Gasteiger charge is 2.08. The summed E-state index contributed by atoms with van der Waals surface area (Å²) in [6, 6.07) is 5.09. The van der Waals surface area contributed by atoms with Gasteiger partial charge in [0, 0.05) is 11.6 Å². The molecule has 5 heteroatoms. The van der Waals surface area contributed by atoms with Crippen LogP contribution in [0.4, 0.5) is 5.69 Å². The number of carbonyl (C=O) groups excluding carboxylic acids is 1. The Hall–Kier alpha value is -1.26. The topological polar surface area (TPSA) is 47.6 Å². The molecule has 94 valence electrons. The molecule has 0 bridgehead atoms. The number of halogens is 1. The van der Waals surface area contributed by atoms with E-state index < -0.39 is 0 Å². The summed E-state index contributed by atoms with van der Waals surface area (Å²) in [6.07, 6.45) is 0. The van der Waals surface area contributed by atoms with Gasteiger partial charge < -0.3 is 14.8 Å². The minimum Gasteiger partial charge on any atom is -0.492 e. The number of rotatable bonds is 6. The molecule has 1 rings (SSSR count). The van der Waals surface area contributed by atoms with E-state index >= 15 is 0 Å². The lowest BCUT2D eigenvalue weighted by Crippen LogP contribution is -2.18. The maximum atomic E-state index is 11.5. The molecule has 1 N–H and O–H groups in total. The van der Waals surface area contributed by atoms with E-state index in [2.05, 4.69) is 5.32 Å². The van der Waals surface area contributed by atoms with E-state index in [1.54, 1.807) is 18.2 Å². The third-order valence-electron chi connectivity index (χ3n) is 1.95. The Morgan fingerprint density at radius 2 is 2.12 bits per heavy atom. The Morgan fingerprint density at radius 3 is 2.76 bits per heavy atom. The van der Waals surface area contributed by atoms with Crippen molar-refractivity contribution < 1.29 is 14.3 Å². The molecule has 4 nitrogen and oxygen atoms in total. The van der Waals surface area contributed by atoms with Crippen molar-refractivity contribution in [2.24, 2.45) is 0 Å². The third kappa shape index (κ3) is 4.63. The zero-order chi connectivity index (χ0) is 12.7. The monoisotopic (exact) mass is 257 g/mol. The average molecular weight is 258 g/mol. The Bertz CT molecular complexity index is 382. The molecular formula is C12H16ClNO3. The first-order chi connectivity index (χ1) is 8.17. The van der Waals surface area contributed by atoms with Gasteiger partial charge in [-0.2, -0.15) is 0 Å². The molecule has 0 aliphatic heterocycles. The summed E-state index contributed by atoms with van der Waals surface area (Å²) >= 11 is 5.87. The second-order valence-corrected chi connectivity index (χ2v) is 3.70. The van der Waals surface area contributed by atoms with Gasteiger partial charge in [0.2, 0.25) is 5.91 Å². The highest BCUT2D eigenvalue weighted by atomic mass is 35.5. The second-order valence-electron chi connectivity index (χ2n) is 3.26. The molecule has 0 unspecified atom stereocenters. The minimum atomic E-state index is -0.227. The van der Waals surface area contributed by atoms with Crippen LogP contribution in [0, 0.1) is 0 Å². The van der Waals surface area contributed by atoms with E-state index in [0.29, 0.717) is 29.7 Å². The summed E-state index contributed by atoms with van der Waals surface area (Å²) in [5.41, 5.74) is 0.559. The van der Waals surface area contributed by atoms with Crippen LogP contribution in [0.5, 0.6) is 5.75 Å². The first kappa shape index (κ1) is 13.8. The maximum absolute atomic E-state index is 11.5. The number of hydrogen-bond acceptors (Lipinski definition) is 3. The van der Waals surface area contributed by atoms with Gasteiger partial charge in [-0.3, -0.25) is 4.79 Å². The molecule has 0 radical (unpaired) electrons. The summed E-state index contributed by atoms with van der Waals surface area (Å²) in [4.78, 5) is 11.5. The van der Waals surface area contributed by atoms with Gasteiger partial charge in [-0.1, -0.05) is 11.6 Å². The SMILES string of the molecule is CCOCC(=O)Nc1cc(Cl)ccc1OCC. The predicted molar refractivity (Wildman–Crippen MR) is 67.7 cm³/mol. The van der Waals surface area contributed by atoms with Gasteiger partial charge in [0.05, 0.1) is 12.3 Å². The van der Waals surface area contributed by atoms with Crippen LogP contribution in [0.25, 0.3) is 0 Å². The normalized spacial score (nSPS) is 10.1. The highest BCUT2D eigenvalue weighted by molar-refractivity contribution is 6.31. The van der Waals surface area contributed by atoms with Gasteiger partial charge >= 0.3 is 0 Å². The summed E-state index contributed by atoms with van der Waals surface area (Å²) in [5.74, 6) is 0.372. The number of nitrogens with one attached hydrogen (secondary N) is 1. The quantitative estimate of drug-likeness (QED) is 0.852. The Morgan fingerprint density at radius 1 is 1.35 bits per heavy atom. The fraction of sp³-hybridized carbons (Fsp3) is 0.417. The largest absolute Gasteiger partial charge is 0.492 e. The van der Waals surface area contributed by atoms with Crippen LogP contribution >= 0.6 is 11.6 Å². The number of benzene rings is 1. The van der Waals surface area contributed by atoms with Crippen molar-refractivity contribution in [3.8, 4) is 5.75 Å². The van der Waals surface area contributed by atoms with Gasteiger partial charge in [0.15, 0.2) is 0 Å². The summed E-state index contributed by atoms with van der Waals surface area (Å²) < 4.78 is 10.4. The van der Waals surface area contributed by atoms with Crippen molar-refractivity contribution in [2.75, 3.05) is 25.1 Å². The summed E-state index contributed by atoms with van der Waals surface area (Å²) in [6.45, 7) is 4.75. The fourth-order valence-corrected chi connectivity index (χ4v) is 1.43. The van der Waals surface area contributed by atoms with Gasteiger partial charge in [-0.15, -0.1) is 0 Å². The van der Waals surface area contributed by atoms with Crippen molar-refractivity contribution in [2.45, 2.75) is 13.8 Å². The fourth-order valence-electron chi connectivity index (χ4n) is 1.26. The number of carbonyl (C=O) groups is 1. The van der Waals surface area contributed by atoms with Gasteiger partial charge in [0.25, 0.3) is 0 Å². The molecule has 0 heterocycles. The van der Waals surface area contributed by atoms with Crippen LogP contribution in [0.3, 0.4) is 0 Å². The molecule has 0 aromatic heterocycles.